The number of aliphatic hydroxyl groups is 9. The molecule has 0 aromatic rings. The number of aliphatic hydroxyl groups excluding tert-OH is 9. The van der Waals surface area contributed by atoms with Crippen LogP contribution in [0.15, 0.2) is 0 Å². The highest BCUT2D eigenvalue weighted by atomic mass is 16.8. The van der Waals surface area contributed by atoms with Gasteiger partial charge in [0, 0.05) is 13.5 Å². The van der Waals surface area contributed by atoms with Gasteiger partial charge in [0.2, 0.25) is 0 Å². The quantitative estimate of drug-likeness (QED) is 0.110. The molecule has 4 heterocycles. The molecule has 4 fully saturated rings. The molecular formula is C28H52O17. The molecular weight excluding hydrogens is 608 g/mol. The second kappa shape index (κ2) is 17.6. The van der Waals surface area contributed by atoms with E-state index in [0.29, 0.717) is 6.42 Å². The first-order valence-corrected chi connectivity index (χ1v) is 15.6. The first kappa shape index (κ1) is 38.8. The Labute approximate surface area is 262 Å². The molecule has 266 valence electrons. The van der Waals surface area contributed by atoms with Gasteiger partial charge in [0.15, 0.2) is 25.2 Å². The number of methoxy groups -OCH3 is 1. The van der Waals surface area contributed by atoms with Crippen molar-refractivity contribution in [2.75, 3.05) is 20.3 Å². The summed E-state index contributed by atoms with van der Waals surface area (Å²) < 4.78 is 44.6. The zero-order valence-electron chi connectivity index (χ0n) is 26.2. The van der Waals surface area contributed by atoms with E-state index in [4.69, 9.17) is 37.9 Å². The standard InChI is InChI=1S/C26H46O17.C2H6/c1-4-9-6-10(28)14(29)24(38-9)43-22-12(7-27)40-26(20(35)17(22)32)42-21-11(5-2)39-25(19(34)16(21)31)41-13-8-37-23(36-3)18(33)15(13)30;1-2/h9-35H,4-8H2,1-3H3;1-2H3. The van der Waals surface area contributed by atoms with Gasteiger partial charge in [-0.15, -0.1) is 0 Å². The second-order valence-electron chi connectivity index (χ2n) is 11.3. The van der Waals surface area contributed by atoms with Gasteiger partial charge in [0.1, 0.15) is 67.1 Å². The molecule has 0 radical (unpaired) electrons. The Bertz CT molecular complexity index is 852. The van der Waals surface area contributed by atoms with Gasteiger partial charge in [0.05, 0.1) is 31.5 Å². The largest absolute Gasteiger partial charge is 0.394 e. The van der Waals surface area contributed by atoms with E-state index in [1.807, 2.05) is 20.8 Å². The Morgan fingerprint density at radius 3 is 1.64 bits per heavy atom. The minimum Gasteiger partial charge on any atom is -0.394 e. The highest BCUT2D eigenvalue weighted by molar-refractivity contribution is 4.96. The van der Waals surface area contributed by atoms with Crippen LogP contribution in [0.2, 0.25) is 0 Å². The number of hydrogen-bond acceptors (Lipinski definition) is 17. The summed E-state index contributed by atoms with van der Waals surface area (Å²) in [6, 6.07) is 0. The van der Waals surface area contributed by atoms with Crippen molar-refractivity contribution in [1.29, 1.82) is 0 Å². The normalized spacial score (nSPS) is 49.2. The molecule has 4 aliphatic heterocycles. The number of hydrogen-bond donors (Lipinski definition) is 9. The lowest BCUT2D eigenvalue weighted by Crippen LogP contribution is -2.66. The van der Waals surface area contributed by atoms with E-state index in [2.05, 4.69) is 0 Å². The molecule has 0 amide bonds. The molecule has 0 saturated carbocycles. The highest BCUT2D eigenvalue weighted by Gasteiger charge is 2.53. The Balaban J connectivity index is 0.00000271. The van der Waals surface area contributed by atoms with Crippen LogP contribution in [0.25, 0.3) is 0 Å². The molecule has 18 unspecified atom stereocenters. The van der Waals surface area contributed by atoms with E-state index >= 15 is 0 Å². The van der Waals surface area contributed by atoms with Crippen molar-refractivity contribution in [3.8, 4) is 0 Å². The molecule has 17 heteroatoms. The number of rotatable bonds is 10. The fourth-order valence-electron chi connectivity index (χ4n) is 5.72. The topological polar surface area (TPSA) is 256 Å². The molecule has 17 nitrogen and oxygen atoms in total. The summed E-state index contributed by atoms with van der Waals surface area (Å²) >= 11 is 0. The minimum absolute atomic E-state index is 0.177. The van der Waals surface area contributed by atoms with Gasteiger partial charge in [0.25, 0.3) is 0 Å². The van der Waals surface area contributed by atoms with Crippen molar-refractivity contribution in [1.82, 2.24) is 0 Å². The van der Waals surface area contributed by atoms with Crippen LogP contribution < -0.4 is 0 Å². The maximum absolute atomic E-state index is 11.0. The van der Waals surface area contributed by atoms with Crippen molar-refractivity contribution in [3.63, 3.8) is 0 Å². The molecule has 0 aliphatic carbocycles. The van der Waals surface area contributed by atoms with Crippen molar-refractivity contribution in [2.24, 2.45) is 0 Å². The van der Waals surface area contributed by atoms with Crippen LogP contribution in [0.5, 0.6) is 0 Å². The molecule has 4 rings (SSSR count). The summed E-state index contributed by atoms with van der Waals surface area (Å²) in [4.78, 5) is 0. The van der Waals surface area contributed by atoms with Gasteiger partial charge < -0.3 is 83.9 Å². The lowest BCUT2D eigenvalue weighted by molar-refractivity contribution is -0.380. The first-order valence-electron chi connectivity index (χ1n) is 15.6. The third-order valence-corrected chi connectivity index (χ3v) is 8.38. The second-order valence-corrected chi connectivity index (χ2v) is 11.3. The molecule has 18 atom stereocenters. The van der Waals surface area contributed by atoms with Crippen LogP contribution in [0, 0.1) is 0 Å². The lowest BCUT2D eigenvalue weighted by atomic mass is 9.95. The van der Waals surface area contributed by atoms with Gasteiger partial charge >= 0.3 is 0 Å². The Hall–Kier alpha value is -0.680. The molecule has 9 N–H and O–H groups in total. The van der Waals surface area contributed by atoms with E-state index in [0.717, 1.165) is 0 Å². The average Bonchev–Trinajstić information content (AvgIpc) is 3.05. The summed E-state index contributed by atoms with van der Waals surface area (Å²) in [5.74, 6) is 0. The molecule has 0 spiro atoms. The average molecular weight is 661 g/mol. The van der Waals surface area contributed by atoms with Crippen molar-refractivity contribution < 1.29 is 83.9 Å². The maximum Gasteiger partial charge on any atom is 0.187 e. The SMILES string of the molecule is CC.CCC1CC(O)C(O)C(OC2C(CO)OC(OC3C(CC)OC(OC4COC(OC)C(O)C4O)C(O)C3O)C(O)C2O)O1. The van der Waals surface area contributed by atoms with E-state index in [1.54, 1.807) is 6.92 Å². The maximum atomic E-state index is 11.0. The van der Waals surface area contributed by atoms with Crippen LogP contribution in [0.1, 0.15) is 47.0 Å². The molecule has 45 heavy (non-hydrogen) atoms. The molecule has 0 bridgehead atoms. The minimum atomic E-state index is -1.79. The summed E-state index contributed by atoms with van der Waals surface area (Å²) in [7, 11) is 1.29. The predicted molar refractivity (Wildman–Crippen MR) is 149 cm³/mol. The third-order valence-electron chi connectivity index (χ3n) is 8.38. The summed E-state index contributed by atoms with van der Waals surface area (Å²) in [5.41, 5.74) is 0. The monoisotopic (exact) mass is 660 g/mol. The van der Waals surface area contributed by atoms with Gasteiger partial charge in [-0.1, -0.05) is 27.7 Å². The Morgan fingerprint density at radius 1 is 0.600 bits per heavy atom. The summed E-state index contributed by atoms with van der Waals surface area (Å²) in [6.45, 7) is 6.59. The molecule has 0 aromatic heterocycles. The Morgan fingerprint density at radius 2 is 1.11 bits per heavy atom. The summed E-state index contributed by atoms with van der Waals surface area (Å²) in [5, 5.41) is 94.7. The van der Waals surface area contributed by atoms with Gasteiger partial charge in [-0.3, -0.25) is 0 Å². The van der Waals surface area contributed by atoms with Crippen LogP contribution in [0.4, 0.5) is 0 Å². The van der Waals surface area contributed by atoms with E-state index in [-0.39, 0.29) is 19.4 Å². The van der Waals surface area contributed by atoms with Crippen molar-refractivity contribution in [2.45, 2.75) is 158 Å². The lowest BCUT2D eigenvalue weighted by Gasteiger charge is -2.48. The van der Waals surface area contributed by atoms with Gasteiger partial charge in [-0.2, -0.15) is 0 Å². The van der Waals surface area contributed by atoms with Crippen LogP contribution in [-0.4, -0.2) is 177 Å². The van der Waals surface area contributed by atoms with E-state index in [1.165, 1.54) is 7.11 Å². The van der Waals surface area contributed by atoms with Gasteiger partial charge in [-0.05, 0) is 12.8 Å². The third kappa shape index (κ3) is 8.68. The van der Waals surface area contributed by atoms with Crippen molar-refractivity contribution in [3.05, 3.63) is 0 Å². The van der Waals surface area contributed by atoms with Crippen molar-refractivity contribution >= 4 is 0 Å². The van der Waals surface area contributed by atoms with E-state index < -0.39 is 117 Å². The van der Waals surface area contributed by atoms with Crippen LogP contribution in [-0.2, 0) is 37.9 Å². The fraction of sp³-hybridized carbons (Fsp3) is 1.00. The van der Waals surface area contributed by atoms with Gasteiger partial charge in [-0.25, -0.2) is 0 Å². The Kier molecular flexibility index (Phi) is 15.2. The zero-order chi connectivity index (χ0) is 33.6. The summed E-state index contributed by atoms with van der Waals surface area (Å²) in [6.07, 6.45) is -23.6. The fourth-order valence-corrected chi connectivity index (χ4v) is 5.72. The molecule has 4 saturated heterocycles. The van der Waals surface area contributed by atoms with Crippen LogP contribution >= 0.6 is 0 Å². The molecule has 4 aliphatic rings. The highest BCUT2D eigenvalue weighted by Crippen LogP contribution is 2.34. The molecule has 0 aromatic carbocycles. The number of ether oxygens (including phenoxy) is 8. The smallest absolute Gasteiger partial charge is 0.187 e. The predicted octanol–water partition coefficient (Wildman–Crippen LogP) is -3.56. The first-order chi connectivity index (χ1) is 21.4. The van der Waals surface area contributed by atoms with E-state index in [9.17, 15) is 46.0 Å². The van der Waals surface area contributed by atoms with Crippen LogP contribution in [0.3, 0.4) is 0 Å². The zero-order valence-corrected chi connectivity index (χ0v) is 26.2.